The Bertz CT molecular complexity index is 1470. The summed E-state index contributed by atoms with van der Waals surface area (Å²) in [4.78, 5) is 12.4. The number of benzene rings is 3. The van der Waals surface area contributed by atoms with Gasteiger partial charge in [-0.15, -0.1) is 0 Å². The third kappa shape index (κ3) is 7.48. The van der Waals surface area contributed by atoms with Crippen molar-refractivity contribution in [3.63, 3.8) is 0 Å². The first-order valence-electron chi connectivity index (χ1n) is 14.5. The Morgan fingerprint density at radius 3 is 2.05 bits per heavy atom. The number of nitrogens with one attached hydrogen (secondary N) is 1. The van der Waals surface area contributed by atoms with Crippen LogP contribution in [-0.4, -0.2) is 37.7 Å². The molecular weight excluding hydrogens is 506 g/mol. The Hall–Kier alpha value is -4.26. The van der Waals surface area contributed by atoms with Gasteiger partial charge in [0, 0.05) is 50.0 Å². The van der Waals surface area contributed by atoms with Crippen molar-refractivity contribution in [3.8, 4) is 22.6 Å². The third-order valence-corrected chi connectivity index (χ3v) is 7.16. The van der Waals surface area contributed by atoms with Gasteiger partial charge in [-0.05, 0) is 23.6 Å². The van der Waals surface area contributed by atoms with E-state index in [0.29, 0.717) is 6.54 Å². The number of aromatic nitrogens is 3. The highest BCUT2D eigenvalue weighted by Crippen LogP contribution is 2.31. The molecule has 2 heterocycles. The van der Waals surface area contributed by atoms with Gasteiger partial charge in [-0.25, -0.2) is 9.97 Å². The minimum atomic E-state index is 0.0781. The van der Waals surface area contributed by atoms with Gasteiger partial charge in [0.25, 0.3) is 0 Å². The van der Waals surface area contributed by atoms with E-state index in [1.165, 1.54) is 11.3 Å². The van der Waals surface area contributed by atoms with Gasteiger partial charge in [-0.1, -0.05) is 110 Å². The largest absolute Gasteiger partial charge is 0.395 e. The van der Waals surface area contributed by atoms with Crippen molar-refractivity contribution >= 4 is 5.82 Å². The maximum Gasteiger partial charge on any atom is 0.140 e. The molecule has 2 aromatic heterocycles. The van der Waals surface area contributed by atoms with Gasteiger partial charge >= 0.3 is 0 Å². The molecule has 0 radical (unpaired) electrons. The van der Waals surface area contributed by atoms with Gasteiger partial charge in [0.1, 0.15) is 11.6 Å². The van der Waals surface area contributed by atoms with Gasteiger partial charge in [-0.2, -0.15) is 0 Å². The zero-order chi connectivity index (χ0) is 28.3. The second-order valence-electron chi connectivity index (χ2n) is 10.3. The summed E-state index contributed by atoms with van der Waals surface area (Å²) in [7, 11) is 0. The molecule has 5 rings (SSSR count). The SMILES string of the molecule is CCCCn1c(-c2ccccc2)nc(-c2ccccc2)c1CN(Cc1ccccc1)Cc1ccc(NCCO)nc1. The Labute approximate surface area is 243 Å². The highest BCUT2D eigenvalue weighted by molar-refractivity contribution is 5.68. The van der Waals surface area contributed by atoms with Crippen LogP contribution in [-0.2, 0) is 26.2 Å². The number of unbranched alkanes of at least 4 members (excludes halogenated alkanes) is 1. The van der Waals surface area contributed by atoms with Crippen LogP contribution in [0.3, 0.4) is 0 Å². The molecule has 2 N–H and O–H groups in total. The fourth-order valence-corrected chi connectivity index (χ4v) is 5.12. The molecule has 0 aliphatic heterocycles. The third-order valence-electron chi connectivity index (χ3n) is 7.16. The van der Waals surface area contributed by atoms with Crippen molar-refractivity contribution in [2.75, 3.05) is 18.5 Å². The summed E-state index contributed by atoms with van der Waals surface area (Å²) in [6.07, 6.45) is 4.13. The Balaban J connectivity index is 1.55. The minimum Gasteiger partial charge on any atom is -0.395 e. The number of hydrogen-bond donors (Lipinski definition) is 2. The number of imidazole rings is 1. The van der Waals surface area contributed by atoms with E-state index < -0.39 is 0 Å². The van der Waals surface area contributed by atoms with Crippen LogP contribution >= 0.6 is 0 Å². The van der Waals surface area contributed by atoms with Crippen LogP contribution in [0.15, 0.2) is 109 Å². The lowest BCUT2D eigenvalue weighted by atomic mass is 10.1. The molecule has 0 saturated carbocycles. The number of anilines is 1. The van der Waals surface area contributed by atoms with E-state index in [9.17, 15) is 0 Å². The standard InChI is InChI=1S/C35H39N5O/c1-2-3-22-40-32(34(30-15-9-5-10-16-30)38-35(40)31-17-11-6-12-18-31)27-39(25-28-13-7-4-8-14-28)26-29-19-20-33(37-24-29)36-21-23-41/h4-20,24,41H,2-3,21-23,25-27H2,1H3,(H,36,37). The molecule has 5 aromatic rings. The predicted octanol–water partition coefficient (Wildman–Crippen LogP) is 7.02. The summed E-state index contributed by atoms with van der Waals surface area (Å²) >= 11 is 0. The first kappa shape index (κ1) is 28.3. The number of hydrogen-bond acceptors (Lipinski definition) is 5. The molecule has 6 heteroatoms. The van der Waals surface area contributed by atoms with Crippen LogP contribution in [0.5, 0.6) is 0 Å². The van der Waals surface area contributed by atoms with Gasteiger partial charge < -0.3 is 15.0 Å². The normalized spacial score (nSPS) is 11.2. The molecule has 0 bridgehead atoms. The molecule has 0 saturated heterocycles. The van der Waals surface area contributed by atoms with E-state index in [2.05, 4.69) is 124 Å². The molecule has 0 aliphatic rings. The zero-order valence-electron chi connectivity index (χ0n) is 23.8. The van der Waals surface area contributed by atoms with E-state index in [-0.39, 0.29) is 6.61 Å². The molecule has 0 atom stereocenters. The number of aliphatic hydroxyl groups is 1. The van der Waals surface area contributed by atoms with Gasteiger partial charge in [0.2, 0.25) is 0 Å². The van der Waals surface area contributed by atoms with Crippen LogP contribution in [0.2, 0.25) is 0 Å². The molecule has 0 fully saturated rings. The lowest BCUT2D eigenvalue weighted by molar-refractivity contribution is 0.241. The van der Waals surface area contributed by atoms with Crippen LogP contribution in [0.1, 0.15) is 36.6 Å². The molecule has 6 nitrogen and oxygen atoms in total. The first-order chi connectivity index (χ1) is 20.2. The van der Waals surface area contributed by atoms with Crippen LogP contribution < -0.4 is 5.32 Å². The average Bonchev–Trinajstić information content (AvgIpc) is 3.38. The average molecular weight is 546 g/mol. The zero-order valence-corrected chi connectivity index (χ0v) is 23.8. The maximum absolute atomic E-state index is 9.13. The van der Waals surface area contributed by atoms with Gasteiger partial charge in [-0.3, -0.25) is 4.90 Å². The number of pyridine rings is 1. The van der Waals surface area contributed by atoms with E-state index in [4.69, 9.17) is 10.1 Å². The highest BCUT2D eigenvalue weighted by atomic mass is 16.3. The molecule has 3 aromatic carbocycles. The molecule has 0 aliphatic carbocycles. The van der Waals surface area contributed by atoms with E-state index in [1.807, 2.05) is 12.3 Å². The monoisotopic (exact) mass is 545 g/mol. The van der Waals surface area contributed by atoms with E-state index in [1.54, 1.807) is 0 Å². The summed E-state index contributed by atoms with van der Waals surface area (Å²) in [5.41, 5.74) is 6.95. The predicted molar refractivity (Wildman–Crippen MR) is 167 cm³/mol. The van der Waals surface area contributed by atoms with Gasteiger partial charge in [0.15, 0.2) is 0 Å². The van der Waals surface area contributed by atoms with Crippen molar-refractivity contribution in [2.24, 2.45) is 0 Å². The smallest absolute Gasteiger partial charge is 0.140 e. The Morgan fingerprint density at radius 2 is 1.41 bits per heavy atom. The molecular formula is C35H39N5O. The second-order valence-corrected chi connectivity index (χ2v) is 10.3. The molecule has 0 unspecified atom stereocenters. The van der Waals surface area contributed by atoms with Crippen molar-refractivity contribution < 1.29 is 5.11 Å². The molecule has 41 heavy (non-hydrogen) atoms. The van der Waals surface area contributed by atoms with E-state index >= 15 is 0 Å². The summed E-state index contributed by atoms with van der Waals surface area (Å²) < 4.78 is 2.44. The Morgan fingerprint density at radius 1 is 0.756 bits per heavy atom. The maximum atomic E-state index is 9.13. The Kier molecular flexibility index (Phi) is 9.93. The van der Waals surface area contributed by atoms with Crippen LogP contribution in [0.4, 0.5) is 5.82 Å². The van der Waals surface area contributed by atoms with Crippen molar-refractivity contribution in [1.29, 1.82) is 0 Å². The number of aliphatic hydroxyl groups excluding tert-OH is 1. The highest BCUT2D eigenvalue weighted by Gasteiger charge is 2.22. The molecule has 0 amide bonds. The van der Waals surface area contributed by atoms with Crippen molar-refractivity contribution in [2.45, 2.75) is 45.9 Å². The van der Waals surface area contributed by atoms with Crippen molar-refractivity contribution in [3.05, 3.63) is 126 Å². The number of nitrogens with zero attached hydrogens (tertiary/aromatic N) is 4. The lowest BCUT2D eigenvalue weighted by Gasteiger charge is -2.24. The summed E-state index contributed by atoms with van der Waals surface area (Å²) in [6, 6.07) is 35.9. The van der Waals surface area contributed by atoms with Crippen molar-refractivity contribution in [1.82, 2.24) is 19.4 Å². The summed E-state index contributed by atoms with van der Waals surface area (Å²) in [6.45, 7) is 6.02. The molecule has 0 spiro atoms. The van der Waals surface area contributed by atoms with E-state index in [0.717, 1.165) is 73.0 Å². The second kappa shape index (κ2) is 14.4. The quantitative estimate of drug-likeness (QED) is 0.157. The summed E-state index contributed by atoms with van der Waals surface area (Å²) in [5, 5.41) is 12.3. The lowest BCUT2D eigenvalue weighted by Crippen LogP contribution is -2.24. The van der Waals surface area contributed by atoms with Crippen LogP contribution in [0, 0.1) is 0 Å². The van der Waals surface area contributed by atoms with Gasteiger partial charge in [0.05, 0.1) is 18.0 Å². The summed E-state index contributed by atoms with van der Waals surface area (Å²) in [5.74, 6) is 1.79. The number of rotatable bonds is 14. The minimum absolute atomic E-state index is 0.0781. The first-order valence-corrected chi connectivity index (χ1v) is 14.5. The topological polar surface area (TPSA) is 66.2 Å². The fourth-order valence-electron chi connectivity index (χ4n) is 5.12. The molecule has 210 valence electrons. The fraction of sp³-hybridized carbons (Fsp3) is 0.257. The van der Waals surface area contributed by atoms with Crippen LogP contribution in [0.25, 0.3) is 22.6 Å².